The minimum absolute atomic E-state index is 0.0328. The van der Waals surface area contributed by atoms with Crippen LogP contribution in [0.4, 0.5) is 14.4 Å². The molecule has 0 aromatic carbocycles. The lowest BCUT2D eigenvalue weighted by molar-refractivity contribution is -0.139. The number of rotatable bonds is 7. The van der Waals surface area contributed by atoms with Gasteiger partial charge in [-0.2, -0.15) is 4.99 Å². The summed E-state index contributed by atoms with van der Waals surface area (Å²) in [5.74, 6) is -1.17. The maximum atomic E-state index is 12.1. The predicted octanol–water partition coefficient (Wildman–Crippen LogP) is 4.38. The van der Waals surface area contributed by atoms with Crippen molar-refractivity contribution in [2.24, 2.45) is 4.99 Å². The van der Waals surface area contributed by atoms with E-state index in [-0.39, 0.29) is 18.7 Å². The van der Waals surface area contributed by atoms with Gasteiger partial charge in [0.25, 0.3) is 0 Å². The standard InChI is InChI=1S/C22H39N3O8/c1-20(2,3)31-17(28)23-14(16(26)27)12-10-11-13-15(24-18(29)32-21(4,5)6)25-19(30)33-22(7,8)9/h14H,10-13H2,1-9H3,(H,23,28)(H,26,27)(H,24,25,29,30). The summed E-state index contributed by atoms with van der Waals surface area (Å²) in [6, 6.07) is -1.15. The van der Waals surface area contributed by atoms with Gasteiger partial charge in [0.05, 0.1) is 0 Å². The fourth-order valence-corrected chi connectivity index (χ4v) is 2.31. The van der Waals surface area contributed by atoms with Crippen LogP contribution in [0.15, 0.2) is 4.99 Å². The summed E-state index contributed by atoms with van der Waals surface area (Å²) in [5, 5.41) is 14.1. The third kappa shape index (κ3) is 17.4. The smallest absolute Gasteiger partial charge is 0.435 e. The lowest BCUT2D eigenvalue weighted by Gasteiger charge is -2.22. The molecular weight excluding hydrogens is 434 g/mol. The number of carbonyl (C=O) groups excluding carboxylic acids is 3. The fourth-order valence-electron chi connectivity index (χ4n) is 2.31. The topological polar surface area (TPSA) is 153 Å². The Kier molecular flexibility index (Phi) is 11.3. The van der Waals surface area contributed by atoms with Gasteiger partial charge in [0.1, 0.15) is 28.7 Å². The van der Waals surface area contributed by atoms with E-state index in [1.54, 1.807) is 62.3 Å². The second-order valence-electron chi connectivity index (χ2n) is 10.4. The number of carboxylic acid groups (broad SMARTS) is 1. The van der Waals surface area contributed by atoms with Gasteiger partial charge in [-0.25, -0.2) is 19.2 Å². The zero-order valence-corrected chi connectivity index (χ0v) is 21.2. The molecule has 0 spiro atoms. The first kappa shape index (κ1) is 30.1. The molecule has 0 aromatic heterocycles. The molecule has 0 aliphatic carbocycles. The second-order valence-corrected chi connectivity index (χ2v) is 10.4. The molecule has 0 fully saturated rings. The fraction of sp³-hybridized carbons (Fsp3) is 0.773. The molecule has 11 heteroatoms. The maximum Gasteiger partial charge on any atom is 0.435 e. The Balaban J connectivity index is 5.04. The molecule has 3 N–H and O–H groups in total. The van der Waals surface area contributed by atoms with E-state index in [4.69, 9.17) is 14.2 Å². The molecule has 3 amide bonds. The first-order valence-electron chi connectivity index (χ1n) is 10.8. The van der Waals surface area contributed by atoms with Crippen LogP contribution in [0.25, 0.3) is 0 Å². The van der Waals surface area contributed by atoms with Crippen LogP contribution in [-0.4, -0.2) is 58.0 Å². The number of carboxylic acids is 1. The van der Waals surface area contributed by atoms with Crippen molar-refractivity contribution in [1.82, 2.24) is 10.6 Å². The van der Waals surface area contributed by atoms with Crippen LogP contribution >= 0.6 is 0 Å². The van der Waals surface area contributed by atoms with Crippen molar-refractivity contribution < 1.29 is 38.5 Å². The first-order chi connectivity index (χ1) is 14.8. The van der Waals surface area contributed by atoms with Gasteiger partial charge in [-0.3, -0.25) is 5.32 Å². The molecule has 0 heterocycles. The van der Waals surface area contributed by atoms with Gasteiger partial charge in [0.15, 0.2) is 0 Å². The number of unbranched alkanes of at least 4 members (excludes halogenated alkanes) is 1. The van der Waals surface area contributed by atoms with Crippen LogP contribution in [0.5, 0.6) is 0 Å². The Hall–Kier alpha value is -2.85. The Morgan fingerprint density at radius 3 is 1.73 bits per heavy atom. The summed E-state index contributed by atoms with van der Waals surface area (Å²) < 4.78 is 15.4. The van der Waals surface area contributed by atoms with E-state index < -0.39 is 47.1 Å². The SMILES string of the molecule is CC(C)(C)OC(=O)/N=C(/CCCCC(NC(=O)OC(C)(C)C)C(=O)O)NC(=O)OC(C)(C)C. The number of aliphatic carboxylic acids is 1. The number of nitrogens with one attached hydrogen (secondary N) is 2. The van der Waals surface area contributed by atoms with Crippen LogP contribution in [0, 0.1) is 0 Å². The van der Waals surface area contributed by atoms with Crippen molar-refractivity contribution in [3.8, 4) is 0 Å². The molecule has 1 unspecified atom stereocenters. The van der Waals surface area contributed by atoms with E-state index in [0.29, 0.717) is 12.8 Å². The number of alkyl carbamates (subject to hydrolysis) is 2. The lowest BCUT2D eigenvalue weighted by atomic mass is 10.1. The van der Waals surface area contributed by atoms with Crippen molar-refractivity contribution in [1.29, 1.82) is 0 Å². The molecule has 0 saturated heterocycles. The van der Waals surface area contributed by atoms with Gasteiger partial charge in [-0.1, -0.05) is 6.42 Å². The Morgan fingerprint density at radius 2 is 1.27 bits per heavy atom. The van der Waals surface area contributed by atoms with E-state index in [9.17, 15) is 24.3 Å². The van der Waals surface area contributed by atoms with Crippen molar-refractivity contribution in [3.05, 3.63) is 0 Å². The number of amides is 3. The number of ether oxygens (including phenoxy) is 3. The van der Waals surface area contributed by atoms with Gasteiger partial charge in [0.2, 0.25) is 0 Å². The molecule has 0 bridgehead atoms. The minimum Gasteiger partial charge on any atom is -0.480 e. The quantitative estimate of drug-likeness (QED) is 0.213. The predicted molar refractivity (Wildman–Crippen MR) is 122 cm³/mol. The van der Waals surface area contributed by atoms with Gasteiger partial charge < -0.3 is 24.6 Å². The van der Waals surface area contributed by atoms with Crippen LogP contribution in [0.3, 0.4) is 0 Å². The molecule has 0 radical (unpaired) electrons. The second kappa shape index (κ2) is 12.4. The maximum absolute atomic E-state index is 12.1. The Bertz CT molecular complexity index is 727. The number of hydrogen-bond acceptors (Lipinski definition) is 7. The van der Waals surface area contributed by atoms with Gasteiger partial charge in [-0.05, 0) is 75.2 Å². The largest absolute Gasteiger partial charge is 0.480 e. The highest BCUT2D eigenvalue weighted by Crippen LogP contribution is 2.12. The zero-order chi connectivity index (χ0) is 26.0. The third-order valence-electron chi connectivity index (χ3n) is 3.41. The number of aliphatic imine (C=N–C) groups is 1. The molecule has 0 aliphatic rings. The Labute approximate surface area is 195 Å². The number of hydrogen-bond donors (Lipinski definition) is 3. The summed E-state index contributed by atoms with van der Waals surface area (Å²) in [6.45, 7) is 15.2. The Morgan fingerprint density at radius 1 is 0.788 bits per heavy atom. The molecule has 11 nitrogen and oxygen atoms in total. The van der Waals surface area contributed by atoms with E-state index in [0.717, 1.165) is 0 Å². The molecular formula is C22H39N3O8. The summed E-state index contributed by atoms with van der Waals surface area (Å²) in [4.78, 5) is 51.3. The van der Waals surface area contributed by atoms with Crippen LogP contribution < -0.4 is 10.6 Å². The van der Waals surface area contributed by atoms with Gasteiger partial charge in [0, 0.05) is 6.42 Å². The van der Waals surface area contributed by atoms with Crippen molar-refractivity contribution in [3.63, 3.8) is 0 Å². The van der Waals surface area contributed by atoms with Crippen LogP contribution in [0.2, 0.25) is 0 Å². The lowest BCUT2D eigenvalue weighted by Crippen LogP contribution is -2.43. The number of carbonyl (C=O) groups is 4. The van der Waals surface area contributed by atoms with E-state index in [2.05, 4.69) is 15.6 Å². The van der Waals surface area contributed by atoms with Crippen LogP contribution in [-0.2, 0) is 19.0 Å². The highest BCUT2D eigenvalue weighted by atomic mass is 16.6. The minimum atomic E-state index is -1.20. The monoisotopic (exact) mass is 473 g/mol. The normalized spacial score (nSPS) is 13.5. The molecule has 0 aliphatic heterocycles. The average Bonchev–Trinajstić information content (AvgIpc) is 2.51. The van der Waals surface area contributed by atoms with Crippen molar-refractivity contribution in [2.45, 2.75) is 111 Å². The first-order valence-corrected chi connectivity index (χ1v) is 10.8. The van der Waals surface area contributed by atoms with E-state index >= 15 is 0 Å². The molecule has 0 saturated carbocycles. The molecule has 0 aromatic rings. The summed E-state index contributed by atoms with van der Waals surface area (Å²) in [5.41, 5.74) is -2.27. The number of nitrogens with zero attached hydrogens (tertiary/aromatic N) is 1. The average molecular weight is 474 g/mol. The molecule has 1 atom stereocenters. The van der Waals surface area contributed by atoms with Crippen molar-refractivity contribution >= 4 is 30.1 Å². The highest BCUT2D eigenvalue weighted by Gasteiger charge is 2.24. The summed E-state index contributed by atoms with van der Waals surface area (Å²) >= 11 is 0. The van der Waals surface area contributed by atoms with Crippen molar-refractivity contribution in [2.75, 3.05) is 0 Å². The molecule has 33 heavy (non-hydrogen) atoms. The van der Waals surface area contributed by atoms with Crippen LogP contribution in [0.1, 0.15) is 88.0 Å². The molecule has 0 rings (SSSR count). The van der Waals surface area contributed by atoms with E-state index in [1.807, 2.05) is 0 Å². The van der Waals surface area contributed by atoms with Gasteiger partial charge >= 0.3 is 24.2 Å². The summed E-state index contributed by atoms with van der Waals surface area (Å²) in [7, 11) is 0. The number of amidine groups is 1. The highest BCUT2D eigenvalue weighted by molar-refractivity contribution is 6.00. The van der Waals surface area contributed by atoms with E-state index in [1.165, 1.54) is 0 Å². The molecule has 190 valence electrons. The zero-order valence-electron chi connectivity index (χ0n) is 21.2. The third-order valence-corrected chi connectivity index (χ3v) is 3.41. The summed E-state index contributed by atoms with van der Waals surface area (Å²) in [6.07, 6.45) is -1.48. The van der Waals surface area contributed by atoms with Gasteiger partial charge in [-0.15, -0.1) is 0 Å².